The largest absolute Gasteiger partial charge is 0.259 e. The van der Waals surface area contributed by atoms with Crippen LogP contribution in [-0.4, -0.2) is 4.98 Å². The number of hydrogen-bond donors (Lipinski definition) is 0. The Hall–Kier alpha value is -1.34. The van der Waals surface area contributed by atoms with Gasteiger partial charge in [-0.3, -0.25) is 4.98 Å². The molecule has 1 aliphatic rings. The molecule has 1 aliphatic carbocycles. The zero-order valence-corrected chi connectivity index (χ0v) is 10.5. The van der Waals surface area contributed by atoms with Gasteiger partial charge < -0.3 is 0 Å². The van der Waals surface area contributed by atoms with Crippen LogP contribution in [0.25, 0.3) is 0 Å². The summed E-state index contributed by atoms with van der Waals surface area (Å²) in [7, 11) is 0. The molecule has 2 aromatic rings. The molecule has 17 heavy (non-hydrogen) atoms. The minimum Gasteiger partial charge on any atom is -0.259 e. The van der Waals surface area contributed by atoms with Crippen LogP contribution in [0.1, 0.15) is 33.3 Å². The Balaban J connectivity index is 2.16. The molecule has 1 heterocycles. The summed E-state index contributed by atoms with van der Waals surface area (Å²) in [5, 5.41) is -0.107. The topological polar surface area (TPSA) is 12.9 Å². The van der Waals surface area contributed by atoms with Crippen molar-refractivity contribution >= 4 is 11.6 Å². The average molecular weight is 244 g/mol. The van der Waals surface area contributed by atoms with E-state index < -0.39 is 0 Å². The smallest absolute Gasteiger partial charge is 0.101 e. The SMILES string of the molecule is Cc1cnc2c(c1)CCc1ccccc1C2Cl. The lowest BCUT2D eigenvalue weighted by Gasteiger charge is -2.12. The quantitative estimate of drug-likeness (QED) is 0.641. The van der Waals surface area contributed by atoms with Crippen molar-refractivity contribution in [3.8, 4) is 0 Å². The van der Waals surface area contributed by atoms with Gasteiger partial charge >= 0.3 is 0 Å². The fourth-order valence-corrected chi connectivity index (χ4v) is 2.90. The fraction of sp³-hybridized carbons (Fsp3) is 0.267. The lowest BCUT2D eigenvalue weighted by atomic mass is 10.0. The van der Waals surface area contributed by atoms with E-state index >= 15 is 0 Å². The van der Waals surface area contributed by atoms with Crippen LogP contribution in [0.5, 0.6) is 0 Å². The number of benzene rings is 1. The first-order chi connectivity index (χ1) is 8.25. The maximum absolute atomic E-state index is 6.57. The van der Waals surface area contributed by atoms with Gasteiger partial charge in [-0.2, -0.15) is 0 Å². The van der Waals surface area contributed by atoms with Crippen LogP contribution >= 0.6 is 11.6 Å². The third kappa shape index (κ3) is 1.85. The first-order valence-electron chi connectivity index (χ1n) is 5.93. The second-order valence-corrected chi connectivity index (χ2v) is 5.05. The molecule has 1 unspecified atom stereocenters. The van der Waals surface area contributed by atoms with Gasteiger partial charge in [0.15, 0.2) is 0 Å². The summed E-state index contributed by atoms with van der Waals surface area (Å²) in [5.41, 5.74) is 6.09. The molecule has 0 fully saturated rings. The van der Waals surface area contributed by atoms with Crippen molar-refractivity contribution in [3.05, 3.63) is 64.5 Å². The number of nitrogens with zero attached hydrogens (tertiary/aromatic N) is 1. The highest BCUT2D eigenvalue weighted by atomic mass is 35.5. The van der Waals surface area contributed by atoms with E-state index in [0.717, 1.165) is 18.5 Å². The van der Waals surface area contributed by atoms with Gasteiger partial charge in [-0.05, 0) is 42.0 Å². The Morgan fingerprint density at radius 1 is 1.18 bits per heavy atom. The van der Waals surface area contributed by atoms with Crippen molar-refractivity contribution in [1.82, 2.24) is 4.98 Å². The molecule has 1 atom stereocenters. The number of hydrogen-bond acceptors (Lipinski definition) is 1. The molecule has 1 aromatic heterocycles. The minimum absolute atomic E-state index is 0.107. The van der Waals surface area contributed by atoms with Crippen LogP contribution in [0.3, 0.4) is 0 Å². The van der Waals surface area contributed by atoms with E-state index in [1.165, 1.54) is 22.3 Å². The van der Waals surface area contributed by atoms with Gasteiger partial charge in [0.1, 0.15) is 5.38 Å². The summed E-state index contributed by atoms with van der Waals surface area (Å²) in [6.07, 6.45) is 3.99. The molecule has 3 rings (SSSR count). The number of pyridine rings is 1. The zero-order valence-electron chi connectivity index (χ0n) is 9.78. The van der Waals surface area contributed by atoms with Gasteiger partial charge in [-0.15, -0.1) is 11.6 Å². The summed E-state index contributed by atoms with van der Waals surface area (Å²) in [4.78, 5) is 4.53. The summed E-state index contributed by atoms with van der Waals surface area (Å²) < 4.78 is 0. The number of rotatable bonds is 0. The first-order valence-corrected chi connectivity index (χ1v) is 6.36. The third-order valence-electron chi connectivity index (χ3n) is 3.37. The maximum atomic E-state index is 6.57. The Morgan fingerprint density at radius 3 is 2.82 bits per heavy atom. The van der Waals surface area contributed by atoms with E-state index in [1.807, 2.05) is 12.3 Å². The van der Waals surface area contributed by atoms with Gasteiger partial charge in [0, 0.05) is 6.20 Å². The number of alkyl halides is 1. The number of halogens is 1. The van der Waals surface area contributed by atoms with Gasteiger partial charge in [-0.1, -0.05) is 30.3 Å². The molecule has 0 saturated carbocycles. The number of aryl methyl sites for hydroxylation is 3. The molecular formula is C15H14ClN. The molecule has 2 heteroatoms. The molecule has 1 nitrogen and oxygen atoms in total. The molecule has 86 valence electrons. The van der Waals surface area contributed by atoms with Gasteiger partial charge in [-0.25, -0.2) is 0 Å². The number of aromatic nitrogens is 1. The van der Waals surface area contributed by atoms with E-state index in [9.17, 15) is 0 Å². The van der Waals surface area contributed by atoms with Gasteiger partial charge in [0.25, 0.3) is 0 Å². The predicted molar refractivity (Wildman–Crippen MR) is 70.5 cm³/mol. The molecule has 1 aromatic carbocycles. The summed E-state index contributed by atoms with van der Waals surface area (Å²) >= 11 is 6.57. The molecule has 0 aliphatic heterocycles. The highest BCUT2D eigenvalue weighted by Gasteiger charge is 2.22. The fourth-order valence-electron chi connectivity index (χ4n) is 2.49. The van der Waals surface area contributed by atoms with Crippen LogP contribution in [-0.2, 0) is 12.8 Å². The highest BCUT2D eigenvalue weighted by molar-refractivity contribution is 6.22. The zero-order chi connectivity index (χ0) is 11.8. The normalized spacial score (nSPS) is 18.1. The van der Waals surface area contributed by atoms with Crippen LogP contribution in [0.2, 0.25) is 0 Å². The molecule has 0 radical (unpaired) electrons. The molecule has 0 spiro atoms. The van der Waals surface area contributed by atoms with Crippen LogP contribution in [0, 0.1) is 6.92 Å². The van der Waals surface area contributed by atoms with E-state index in [4.69, 9.17) is 11.6 Å². The standard InChI is InChI=1S/C15H14ClN/c1-10-8-12-7-6-11-4-2-3-5-13(11)14(16)15(12)17-9-10/h2-5,8-9,14H,6-7H2,1H3. The Labute approximate surface area is 106 Å². The van der Waals surface area contributed by atoms with Crippen LogP contribution in [0.15, 0.2) is 36.5 Å². The molecular weight excluding hydrogens is 230 g/mol. The molecule has 0 saturated heterocycles. The van der Waals surface area contributed by atoms with E-state index in [-0.39, 0.29) is 5.38 Å². The van der Waals surface area contributed by atoms with E-state index in [0.29, 0.717) is 0 Å². The summed E-state index contributed by atoms with van der Waals surface area (Å²) in [6, 6.07) is 10.6. The Kier molecular flexibility index (Phi) is 2.64. The van der Waals surface area contributed by atoms with Crippen molar-refractivity contribution in [3.63, 3.8) is 0 Å². The number of fused-ring (bicyclic) bond motifs is 2. The van der Waals surface area contributed by atoms with E-state index in [2.05, 4.69) is 36.2 Å². The minimum atomic E-state index is -0.107. The van der Waals surface area contributed by atoms with Crippen molar-refractivity contribution < 1.29 is 0 Å². The van der Waals surface area contributed by atoms with Crippen molar-refractivity contribution in [2.45, 2.75) is 25.1 Å². The maximum Gasteiger partial charge on any atom is 0.101 e. The average Bonchev–Trinajstić information content (AvgIpc) is 2.48. The van der Waals surface area contributed by atoms with E-state index in [1.54, 1.807) is 0 Å². The Morgan fingerprint density at radius 2 is 1.94 bits per heavy atom. The van der Waals surface area contributed by atoms with Crippen molar-refractivity contribution in [1.29, 1.82) is 0 Å². The van der Waals surface area contributed by atoms with Gasteiger partial charge in [0.2, 0.25) is 0 Å². The van der Waals surface area contributed by atoms with Crippen LogP contribution in [0.4, 0.5) is 0 Å². The highest BCUT2D eigenvalue weighted by Crippen LogP contribution is 2.35. The van der Waals surface area contributed by atoms with Crippen LogP contribution < -0.4 is 0 Å². The van der Waals surface area contributed by atoms with Gasteiger partial charge in [0.05, 0.1) is 5.69 Å². The summed E-state index contributed by atoms with van der Waals surface area (Å²) in [5.74, 6) is 0. The second kappa shape index (κ2) is 4.15. The second-order valence-electron chi connectivity index (χ2n) is 4.62. The molecule has 0 bridgehead atoms. The summed E-state index contributed by atoms with van der Waals surface area (Å²) in [6.45, 7) is 2.08. The third-order valence-corrected chi connectivity index (χ3v) is 3.81. The Bertz CT molecular complexity index is 563. The lowest BCUT2D eigenvalue weighted by Crippen LogP contribution is -2.00. The molecule has 0 N–H and O–H groups in total. The lowest BCUT2D eigenvalue weighted by molar-refractivity contribution is 0.944. The first kappa shape index (κ1) is 10.8. The molecule has 0 amide bonds. The van der Waals surface area contributed by atoms with Crippen molar-refractivity contribution in [2.24, 2.45) is 0 Å². The predicted octanol–water partition coefficient (Wildman–Crippen LogP) is 3.82. The van der Waals surface area contributed by atoms with Crippen molar-refractivity contribution in [2.75, 3.05) is 0 Å². The monoisotopic (exact) mass is 243 g/mol.